The zero-order valence-corrected chi connectivity index (χ0v) is 13.5. The number of aliphatic hydroxyl groups excluding tert-OH is 1. The predicted molar refractivity (Wildman–Crippen MR) is 85.2 cm³/mol. The van der Waals surface area contributed by atoms with Gasteiger partial charge < -0.3 is 15.7 Å². The molecule has 0 aromatic heterocycles. The molecule has 0 atom stereocenters. The number of rotatable bonds is 7. The van der Waals surface area contributed by atoms with E-state index in [1.165, 1.54) is 25.7 Å². The summed E-state index contributed by atoms with van der Waals surface area (Å²) in [6.07, 6.45) is 10.4. The highest BCUT2D eigenvalue weighted by Crippen LogP contribution is 2.28. The Hall–Kier alpha value is -1.10. The Balaban J connectivity index is 1.54. The van der Waals surface area contributed by atoms with Crippen molar-refractivity contribution in [1.29, 1.82) is 0 Å². The highest BCUT2D eigenvalue weighted by Gasteiger charge is 2.22. The Morgan fingerprint density at radius 3 is 2.23 bits per heavy atom. The van der Waals surface area contributed by atoms with Crippen LogP contribution in [0.4, 0.5) is 0 Å². The average molecular weight is 310 g/mol. The van der Waals surface area contributed by atoms with E-state index in [4.69, 9.17) is 5.11 Å². The van der Waals surface area contributed by atoms with Crippen molar-refractivity contribution in [3.8, 4) is 0 Å². The van der Waals surface area contributed by atoms with E-state index in [-0.39, 0.29) is 31.0 Å². The number of nitrogens with one attached hydrogen (secondary N) is 2. The number of aliphatic hydroxyl groups is 1. The summed E-state index contributed by atoms with van der Waals surface area (Å²) in [6.45, 7) is 0.334. The molecule has 0 aromatic rings. The van der Waals surface area contributed by atoms with Gasteiger partial charge in [0.25, 0.3) is 0 Å². The molecule has 5 heteroatoms. The summed E-state index contributed by atoms with van der Waals surface area (Å²) in [6, 6.07) is 0.200. The van der Waals surface area contributed by atoms with Crippen LogP contribution in [-0.4, -0.2) is 36.1 Å². The van der Waals surface area contributed by atoms with E-state index >= 15 is 0 Å². The van der Waals surface area contributed by atoms with E-state index < -0.39 is 0 Å². The monoisotopic (exact) mass is 310 g/mol. The van der Waals surface area contributed by atoms with Gasteiger partial charge in [-0.25, -0.2) is 0 Å². The van der Waals surface area contributed by atoms with Crippen LogP contribution in [0.5, 0.6) is 0 Å². The quantitative estimate of drug-likeness (QED) is 0.670. The molecule has 0 saturated heterocycles. The largest absolute Gasteiger partial charge is 0.396 e. The lowest BCUT2D eigenvalue weighted by atomic mass is 9.86. The summed E-state index contributed by atoms with van der Waals surface area (Å²) in [5, 5.41) is 14.8. The van der Waals surface area contributed by atoms with E-state index in [2.05, 4.69) is 10.6 Å². The Bertz CT molecular complexity index is 359. The van der Waals surface area contributed by atoms with Crippen LogP contribution in [0.2, 0.25) is 0 Å². The Morgan fingerprint density at radius 2 is 1.59 bits per heavy atom. The van der Waals surface area contributed by atoms with Crippen LogP contribution < -0.4 is 10.6 Å². The van der Waals surface area contributed by atoms with Crippen LogP contribution in [0, 0.1) is 11.8 Å². The Labute approximate surface area is 133 Å². The number of amides is 2. The van der Waals surface area contributed by atoms with Gasteiger partial charge in [-0.2, -0.15) is 0 Å². The Kier molecular flexibility index (Phi) is 7.16. The fourth-order valence-corrected chi connectivity index (χ4v) is 3.67. The SMILES string of the molecule is O=C(CCC1CCCC1)NCC(=O)NC1CCC(CO)CC1. The van der Waals surface area contributed by atoms with Crippen LogP contribution in [0.1, 0.15) is 64.2 Å². The molecule has 0 radical (unpaired) electrons. The van der Waals surface area contributed by atoms with Crippen LogP contribution >= 0.6 is 0 Å². The molecule has 0 aromatic carbocycles. The molecule has 2 aliphatic rings. The van der Waals surface area contributed by atoms with Gasteiger partial charge in [-0.15, -0.1) is 0 Å². The third-order valence-corrected chi connectivity index (χ3v) is 5.17. The van der Waals surface area contributed by atoms with Gasteiger partial charge in [0.15, 0.2) is 0 Å². The minimum absolute atomic E-state index is 0.00830. The maximum atomic E-state index is 11.9. The van der Waals surface area contributed by atoms with Crippen molar-refractivity contribution in [1.82, 2.24) is 10.6 Å². The predicted octanol–water partition coefficient (Wildman–Crippen LogP) is 1.74. The molecule has 22 heavy (non-hydrogen) atoms. The summed E-state index contributed by atoms with van der Waals surface area (Å²) in [4.78, 5) is 23.6. The standard InChI is InChI=1S/C17H30N2O3/c20-12-14-5-8-15(9-6-14)19-17(22)11-18-16(21)10-7-13-3-1-2-4-13/h13-15,20H,1-12H2,(H,18,21)(H,19,22). The smallest absolute Gasteiger partial charge is 0.239 e. The average Bonchev–Trinajstić information content (AvgIpc) is 3.05. The third-order valence-electron chi connectivity index (χ3n) is 5.17. The lowest BCUT2D eigenvalue weighted by Gasteiger charge is -2.27. The van der Waals surface area contributed by atoms with E-state index in [0.717, 1.165) is 32.1 Å². The second-order valence-corrected chi connectivity index (χ2v) is 6.93. The van der Waals surface area contributed by atoms with Gasteiger partial charge in [0.05, 0.1) is 6.54 Å². The molecule has 2 rings (SSSR count). The molecule has 0 heterocycles. The number of hydrogen-bond acceptors (Lipinski definition) is 3. The van der Waals surface area contributed by atoms with Gasteiger partial charge >= 0.3 is 0 Å². The Morgan fingerprint density at radius 1 is 0.909 bits per heavy atom. The van der Waals surface area contributed by atoms with E-state index in [0.29, 0.717) is 18.3 Å². The molecule has 3 N–H and O–H groups in total. The first kappa shape index (κ1) is 17.3. The maximum absolute atomic E-state index is 11.9. The van der Waals surface area contributed by atoms with Gasteiger partial charge in [-0.3, -0.25) is 9.59 Å². The van der Waals surface area contributed by atoms with Gasteiger partial charge in [0.2, 0.25) is 11.8 Å². The minimum atomic E-state index is -0.0957. The second kappa shape index (κ2) is 9.13. The topological polar surface area (TPSA) is 78.4 Å². The molecule has 126 valence electrons. The first-order valence-electron chi connectivity index (χ1n) is 8.84. The fraction of sp³-hybridized carbons (Fsp3) is 0.882. The summed E-state index contributed by atoms with van der Waals surface area (Å²) in [5.41, 5.74) is 0. The van der Waals surface area contributed by atoms with Crippen molar-refractivity contribution >= 4 is 11.8 Å². The highest BCUT2D eigenvalue weighted by atomic mass is 16.3. The van der Waals surface area contributed by atoms with Gasteiger partial charge in [0, 0.05) is 19.1 Å². The lowest BCUT2D eigenvalue weighted by Crippen LogP contribution is -2.43. The van der Waals surface area contributed by atoms with Crippen molar-refractivity contribution in [3.63, 3.8) is 0 Å². The fourth-order valence-electron chi connectivity index (χ4n) is 3.67. The van der Waals surface area contributed by atoms with Crippen LogP contribution in [0.15, 0.2) is 0 Å². The molecule has 2 saturated carbocycles. The number of carbonyl (C=O) groups is 2. The van der Waals surface area contributed by atoms with E-state index in [1.807, 2.05) is 0 Å². The molecule has 5 nitrogen and oxygen atoms in total. The molecule has 2 amide bonds. The zero-order valence-electron chi connectivity index (χ0n) is 13.5. The molecule has 0 unspecified atom stereocenters. The first-order chi connectivity index (χ1) is 10.7. The second-order valence-electron chi connectivity index (χ2n) is 6.93. The van der Waals surface area contributed by atoms with E-state index in [1.54, 1.807) is 0 Å². The minimum Gasteiger partial charge on any atom is -0.396 e. The highest BCUT2D eigenvalue weighted by molar-refractivity contribution is 5.84. The number of hydrogen-bond donors (Lipinski definition) is 3. The van der Waals surface area contributed by atoms with Crippen LogP contribution in [0.3, 0.4) is 0 Å². The van der Waals surface area contributed by atoms with Crippen molar-refractivity contribution < 1.29 is 14.7 Å². The molecule has 2 fully saturated rings. The normalized spacial score (nSPS) is 25.9. The van der Waals surface area contributed by atoms with Crippen molar-refractivity contribution in [2.75, 3.05) is 13.2 Å². The van der Waals surface area contributed by atoms with Crippen molar-refractivity contribution in [2.45, 2.75) is 70.3 Å². The molecule has 0 bridgehead atoms. The molecule has 0 aliphatic heterocycles. The molecular weight excluding hydrogens is 280 g/mol. The van der Waals surface area contributed by atoms with Gasteiger partial charge in [0.1, 0.15) is 0 Å². The zero-order chi connectivity index (χ0) is 15.8. The maximum Gasteiger partial charge on any atom is 0.239 e. The number of carbonyl (C=O) groups excluding carboxylic acids is 2. The molecule has 2 aliphatic carbocycles. The third kappa shape index (κ3) is 5.95. The van der Waals surface area contributed by atoms with Gasteiger partial charge in [-0.05, 0) is 43.9 Å². The van der Waals surface area contributed by atoms with Crippen LogP contribution in [0.25, 0.3) is 0 Å². The van der Waals surface area contributed by atoms with E-state index in [9.17, 15) is 9.59 Å². The van der Waals surface area contributed by atoms with Crippen molar-refractivity contribution in [3.05, 3.63) is 0 Å². The van der Waals surface area contributed by atoms with Crippen molar-refractivity contribution in [2.24, 2.45) is 11.8 Å². The molecule has 0 spiro atoms. The summed E-state index contributed by atoms with van der Waals surface area (Å²) < 4.78 is 0. The first-order valence-corrected chi connectivity index (χ1v) is 8.84. The van der Waals surface area contributed by atoms with Gasteiger partial charge in [-0.1, -0.05) is 25.7 Å². The molecular formula is C17H30N2O3. The summed E-state index contributed by atoms with van der Waals surface area (Å²) in [7, 11) is 0. The summed E-state index contributed by atoms with van der Waals surface area (Å²) >= 11 is 0. The summed E-state index contributed by atoms with van der Waals surface area (Å²) in [5.74, 6) is 0.998. The lowest BCUT2D eigenvalue weighted by molar-refractivity contribution is -0.126. The van der Waals surface area contributed by atoms with Crippen LogP contribution in [-0.2, 0) is 9.59 Å².